The predicted molar refractivity (Wildman–Crippen MR) is 107 cm³/mol. The Labute approximate surface area is 161 Å². The van der Waals surface area contributed by atoms with E-state index in [1.807, 2.05) is 54.8 Å². The number of benzene rings is 2. The lowest BCUT2D eigenvalue weighted by Crippen LogP contribution is -2.29. The fourth-order valence-electron chi connectivity index (χ4n) is 2.55. The molecule has 6 nitrogen and oxygen atoms in total. The van der Waals surface area contributed by atoms with Gasteiger partial charge in [0.2, 0.25) is 5.91 Å². The van der Waals surface area contributed by atoms with Crippen LogP contribution in [0.15, 0.2) is 70.4 Å². The first-order valence-corrected chi connectivity index (χ1v) is 9.48. The highest BCUT2D eigenvalue weighted by Crippen LogP contribution is 2.24. The number of carbonyl (C=O) groups excluding carboxylic acids is 1. The van der Waals surface area contributed by atoms with Crippen LogP contribution in [0.25, 0.3) is 11.3 Å². The Bertz CT molecular complexity index is 1000. The summed E-state index contributed by atoms with van der Waals surface area (Å²) in [6.07, 6.45) is 1.94. The van der Waals surface area contributed by atoms with Gasteiger partial charge in [0.25, 0.3) is 5.56 Å². The molecule has 1 amide bonds. The number of aromatic nitrogens is 2. The van der Waals surface area contributed by atoms with E-state index < -0.39 is 0 Å². The molecule has 1 heterocycles. The molecule has 0 aliphatic carbocycles. The first kappa shape index (κ1) is 18.7. The molecule has 0 unspecified atom stereocenters. The molecule has 0 spiro atoms. The summed E-state index contributed by atoms with van der Waals surface area (Å²) in [6, 6.07) is 17.9. The van der Waals surface area contributed by atoms with Crippen molar-refractivity contribution in [3.8, 4) is 17.0 Å². The Morgan fingerprint density at radius 2 is 1.85 bits per heavy atom. The third kappa shape index (κ3) is 4.57. The second-order valence-electron chi connectivity index (χ2n) is 5.69. The van der Waals surface area contributed by atoms with Crippen molar-refractivity contribution in [3.63, 3.8) is 0 Å². The van der Waals surface area contributed by atoms with Crippen LogP contribution in [-0.4, -0.2) is 29.1 Å². The number of methoxy groups -OCH3 is 1. The van der Waals surface area contributed by atoms with Crippen molar-refractivity contribution in [1.82, 2.24) is 9.78 Å². The molecule has 0 aliphatic rings. The predicted octanol–water partition coefficient (Wildman–Crippen LogP) is 3.28. The van der Waals surface area contributed by atoms with Gasteiger partial charge in [-0.2, -0.15) is 5.10 Å². The van der Waals surface area contributed by atoms with Crippen LogP contribution in [0.4, 0.5) is 5.69 Å². The summed E-state index contributed by atoms with van der Waals surface area (Å²) >= 11 is 1.54. The summed E-state index contributed by atoms with van der Waals surface area (Å²) in [5.74, 6) is 0.428. The molecule has 7 heteroatoms. The van der Waals surface area contributed by atoms with Crippen LogP contribution in [-0.2, 0) is 11.3 Å². The molecule has 1 aromatic heterocycles. The van der Waals surface area contributed by atoms with Gasteiger partial charge in [0, 0.05) is 16.5 Å². The quantitative estimate of drug-likeness (QED) is 0.664. The summed E-state index contributed by atoms with van der Waals surface area (Å²) in [4.78, 5) is 25.5. The summed E-state index contributed by atoms with van der Waals surface area (Å²) < 4.78 is 6.31. The normalized spacial score (nSPS) is 10.4. The van der Waals surface area contributed by atoms with Crippen molar-refractivity contribution in [1.29, 1.82) is 0 Å². The van der Waals surface area contributed by atoms with E-state index in [0.717, 1.165) is 20.9 Å². The number of carbonyl (C=O) groups is 1. The monoisotopic (exact) mass is 381 g/mol. The molecule has 138 valence electrons. The third-order valence-electron chi connectivity index (χ3n) is 3.93. The van der Waals surface area contributed by atoms with E-state index in [0.29, 0.717) is 11.4 Å². The Morgan fingerprint density at radius 1 is 1.11 bits per heavy atom. The number of ether oxygens (including phenoxy) is 1. The fraction of sp³-hybridized carbons (Fsp3) is 0.150. The lowest BCUT2D eigenvalue weighted by molar-refractivity contribution is -0.117. The number of anilines is 1. The SMILES string of the molecule is COc1ccc(-c2ccc(=O)n(CC(=O)Nc3ccccc3SC)n2)cc1. The zero-order valence-electron chi connectivity index (χ0n) is 15.0. The number of nitrogens with one attached hydrogen (secondary N) is 1. The summed E-state index contributed by atoms with van der Waals surface area (Å²) in [7, 11) is 1.60. The Hall–Kier alpha value is -3.06. The lowest BCUT2D eigenvalue weighted by Gasteiger charge is -2.10. The molecule has 0 fully saturated rings. The van der Waals surface area contributed by atoms with Crippen LogP contribution in [0, 0.1) is 0 Å². The Kier molecular flexibility index (Phi) is 5.93. The average molecular weight is 381 g/mol. The van der Waals surface area contributed by atoms with Crippen LogP contribution >= 0.6 is 11.8 Å². The molecule has 0 bridgehead atoms. The molecule has 0 radical (unpaired) electrons. The molecule has 0 aliphatic heterocycles. The number of nitrogens with zero attached hydrogens (tertiary/aromatic N) is 2. The number of thioether (sulfide) groups is 1. The van der Waals surface area contributed by atoms with Gasteiger partial charge in [0.05, 0.1) is 18.5 Å². The van der Waals surface area contributed by atoms with Crippen LogP contribution in [0.1, 0.15) is 0 Å². The molecule has 3 rings (SSSR count). The van der Waals surface area contributed by atoms with Crippen LogP contribution in [0.5, 0.6) is 5.75 Å². The maximum Gasteiger partial charge on any atom is 0.267 e. The van der Waals surface area contributed by atoms with Crippen molar-refractivity contribution in [2.24, 2.45) is 0 Å². The molecule has 27 heavy (non-hydrogen) atoms. The fourth-order valence-corrected chi connectivity index (χ4v) is 3.11. The topological polar surface area (TPSA) is 73.2 Å². The van der Waals surface area contributed by atoms with Crippen molar-refractivity contribution in [2.45, 2.75) is 11.4 Å². The highest BCUT2D eigenvalue weighted by atomic mass is 32.2. The van der Waals surface area contributed by atoms with Gasteiger partial charge in [0.15, 0.2) is 0 Å². The number of para-hydroxylation sites is 1. The summed E-state index contributed by atoms with van der Waals surface area (Å²) in [5, 5.41) is 7.15. The first-order valence-electron chi connectivity index (χ1n) is 8.26. The van der Waals surface area contributed by atoms with Gasteiger partial charge in [-0.1, -0.05) is 12.1 Å². The minimum absolute atomic E-state index is 0.161. The van der Waals surface area contributed by atoms with Crippen molar-refractivity contribution in [2.75, 3.05) is 18.7 Å². The molecular formula is C20H19N3O3S. The maximum atomic E-state index is 12.4. The largest absolute Gasteiger partial charge is 0.497 e. The average Bonchev–Trinajstić information content (AvgIpc) is 2.70. The molecule has 0 saturated carbocycles. The highest BCUT2D eigenvalue weighted by molar-refractivity contribution is 7.98. The Morgan fingerprint density at radius 3 is 2.56 bits per heavy atom. The summed E-state index contributed by atoms with van der Waals surface area (Å²) in [6.45, 7) is -0.161. The van der Waals surface area contributed by atoms with E-state index in [1.165, 1.54) is 6.07 Å². The van der Waals surface area contributed by atoms with Gasteiger partial charge >= 0.3 is 0 Å². The Balaban J connectivity index is 1.80. The van der Waals surface area contributed by atoms with Crippen LogP contribution < -0.4 is 15.6 Å². The number of hydrogen-bond donors (Lipinski definition) is 1. The van der Waals surface area contributed by atoms with E-state index in [-0.39, 0.29) is 18.0 Å². The third-order valence-corrected chi connectivity index (χ3v) is 4.72. The van der Waals surface area contributed by atoms with Crippen LogP contribution in [0.2, 0.25) is 0 Å². The number of hydrogen-bond acceptors (Lipinski definition) is 5. The second kappa shape index (κ2) is 8.55. The standard InChI is InChI=1S/C20H19N3O3S/c1-26-15-9-7-14(8-10-15)16-11-12-20(25)23(22-16)13-19(24)21-17-5-3-4-6-18(17)27-2/h3-12H,13H2,1-2H3,(H,21,24). The number of rotatable bonds is 6. The molecule has 0 atom stereocenters. The van der Waals surface area contributed by atoms with Crippen molar-refractivity contribution in [3.05, 3.63) is 71.0 Å². The molecule has 2 aromatic carbocycles. The van der Waals surface area contributed by atoms with Gasteiger partial charge in [-0.25, -0.2) is 4.68 Å². The smallest absolute Gasteiger partial charge is 0.267 e. The van der Waals surface area contributed by atoms with E-state index in [4.69, 9.17) is 4.74 Å². The van der Waals surface area contributed by atoms with E-state index in [1.54, 1.807) is 24.9 Å². The molecular weight excluding hydrogens is 362 g/mol. The van der Waals surface area contributed by atoms with E-state index in [2.05, 4.69) is 10.4 Å². The highest BCUT2D eigenvalue weighted by Gasteiger charge is 2.10. The second-order valence-corrected chi connectivity index (χ2v) is 6.54. The summed E-state index contributed by atoms with van der Waals surface area (Å²) in [5.41, 5.74) is 1.82. The molecule has 3 aromatic rings. The van der Waals surface area contributed by atoms with E-state index in [9.17, 15) is 9.59 Å². The zero-order chi connectivity index (χ0) is 19.2. The van der Waals surface area contributed by atoms with Gasteiger partial charge in [0.1, 0.15) is 12.3 Å². The van der Waals surface area contributed by atoms with E-state index >= 15 is 0 Å². The van der Waals surface area contributed by atoms with Crippen molar-refractivity contribution >= 4 is 23.4 Å². The first-order chi connectivity index (χ1) is 13.1. The van der Waals surface area contributed by atoms with Crippen LogP contribution in [0.3, 0.4) is 0 Å². The lowest BCUT2D eigenvalue weighted by atomic mass is 10.1. The van der Waals surface area contributed by atoms with Gasteiger partial charge in [-0.3, -0.25) is 9.59 Å². The van der Waals surface area contributed by atoms with Gasteiger partial charge in [-0.05, 0) is 48.7 Å². The van der Waals surface area contributed by atoms with Gasteiger partial charge < -0.3 is 10.1 Å². The molecule has 0 saturated heterocycles. The maximum absolute atomic E-state index is 12.4. The minimum Gasteiger partial charge on any atom is -0.497 e. The van der Waals surface area contributed by atoms with Gasteiger partial charge in [-0.15, -0.1) is 11.8 Å². The van der Waals surface area contributed by atoms with Crippen molar-refractivity contribution < 1.29 is 9.53 Å². The molecule has 1 N–H and O–H groups in total. The number of amides is 1. The minimum atomic E-state index is -0.333. The zero-order valence-corrected chi connectivity index (χ0v) is 15.8.